The third kappa shape index (κ3) is 7.24. The zero-order chi connectivity index (χ0) is 29.9. The van der Waals surface area contributed by atoms with Crippen LogP contribution in [0.3, 0.4) is 0 Å². The number of alkyl halides is 3. The summed E-state index contributed by atoms with van der Waals surface area (Å²) in [7, 11) is 1.52. The Kier molecular flexibility index (Phi) is 8.08. The van der Waals surface area contributed by atoms with Gasteiger partial charge in [0.25, 0.3) is 5.91 Å². The van der Waals surface area contributed by atoms with E-state index in [2.05, 4.69) is 25.7 Å². The Morgan fingerprint density at radius 1 is 1.05 bits per heavy atom. The number of hydrogen-bond acceptors (Lipinski definition) is 6. The van der Waals surface area contributed by atoms with Crippen LogP contribution in [0.15, 0.2) is 60.9 Å². The summed E-state index contributed by atoms with van der Waals surface area (Å²) in [6.07, 6.45) is -2.83. The van der Waals surface area contributed by atoms with E-state index in [4.69, 9.17) is 4.74 Å². The van der Waals surface area contributed by atoms with Gasteiger partial charge in [-0.2, -0.15) is 18.3 Å². The molecule has 2 aromatic heterocycles. The lowest BCUT2D eigenvalue weighted by Crippen LogP contribution is -2.32. The number of hydrogen-bond donors (Lipinski definition) is 2. The summed E-state index contributed by atoms with van der Waals surface area (Å²) in [5.74, 6) is -2.48. The molecule has 0 saturated heterocycles. The lowest BCUT2D eigenvalue weighted by molar-refractivity contribution is -0.137. The Bertz CT molecular complexity index is 1580. The zero-order valence-electron chi connectivity index (χ0n) is 22.5. The van der Waals surface area contributed by atoms with Crippen molar-refractivity contribution in [2.45, 2.75) is 39.1 Å². The monoisotopic (exact) mass is 570 g/mol. The lowest BCUT2D eigenvalue weighted by atomic mass is 9.99. The Morgan fingerprint density at radius 2 is 1.76 bits per heavy atom. The number of aromatic nitrogens is 4. The highest BCUT2D eigenvalue weighted by atomic mass is 19.4. The Labute approximate surface area is 232 Å². The average molecular weight is 571 g/mol. The van der Waals surface area contributed by atoms with E-state index in [1.54, 1.807) is 51.1 Å². The molecule has 41 heavy (non-hydrogen) atoms. The predicted octanol–water partition coefficient (Wildman–Crippen LogP) is 5.98. The van der Waals surface area contributed by atoms with Crippen LogP contribution in [0.2, 0.25) is 0 Å². The van der Waals surface area contributed by atoms with Gasteiger partial charge in [0.15, 0.2) is 5.82 Å². The van der Waals surface area contributed by atoms with Gasteiger partial charge < -0.3 is 15.4 Å². The molecule has 0 unspecified atom stereocenters. The second kappa shape index (κ2) is 11.4. The third-order valence-electron chi connectivity index (χ3n) is 5.56. The van der Waals surface area contributed by atoms with Crippen molar-refractivity contribution < 1.29 is 31.9 Å². The minimum Gasteiger partial charge on any atom is -0.444 e. The lowest BCUT2D eigenvalue weighted by Gasteiger charge is -2.19. The quantitative estimate of drug-likeness (QED) is 0.276. The van der Waals surface area contributed by atoms with Crippen LogP contribution in [-0.4, -0.2) is 37.3 Å². The minimum absolute atomic E-state index is 0.0447. The maximum absolute atomic E-state index is 14.9. The highest BCUT2D eigenvalue weighted by molar-refractivity contribution is 6.06. The fourth-order valence-electron chi connectivity index (χ4n) is 3.80. The molecule has 0 spiro atoms. The van der Waals surface area contributed by atoms with Crippen LogP contribution < -0.4 is 10.6 Å². The predicted molar refractivity (Wildman–Crippen MR) is 142 cm³/mol. The van der Waals surface area contributed by atoms with Crippen molar-refractivity contribution in [3.8, 4) is 22.5 Å². The van der Waals surface area contributed by atoms with Crippen LogP contribution in [0.25, 0.3) is 22.5 Å². The molecule has 2 N–H and O–H groups in total. The number of nitrogens with zero attached hydrogens (tertiary/aromatic N) is 4. The van der Waals surface area contributed by atoms with Gasteiger partial charge in [-0.3, -0.25) is 9.48 Å². The van der Waals surface area contributed by atoms with Gasteiger partial charge in [-0.05, 0) is 39.0 Å². The second-order valence-electron chi connectivity index (χ2n) is 9.98. The van der Waals surface area contributed by atoms with Crippen molar-refractivity contribution in [2.24, 2.45) is 7.05 Å². The van der Waals surface area contributed by atoms with E-state index in [1.807, 2.05) is 0 Å². The second-order valence-corrected chi connectivity index (χ2v) is 9.98. The molecule has 9 nitrogen and oxygen atoms in total. The minimum atomic E-state index is -4.89. The van der Waals surface area contributed by atoms with E-state index >= 15 is 0 Å². The highest BCUT2D eigenvalue weighted by Gasteiger charge is 2.36. The number of benzene rings is 2. The van der Waals surface area contributed by atoms with Gasteiger partial charge in [-0.15, -0.1) is 0 Å². The molecule has 0 saturated carbocycles. The fourth-order valence-corrected chi connectivity index (χ4v) is 3.80. The standard InChI is InChI=1S/C28H26F4N6O3/c1-27(2,3)41-26(40)34-15-17-14-33-24(23(35-17)16-8-6-5-7-9-16)36-25(39)19-12-18(22-10-11-38(4)37-22)20(13-21(19)29)28(30,31)32/h5-14H,15H2,1-4H3,(H,34,40)(H,33,36,39). The Balaban J connectivity index is 1.68. The molecule has 2 aromatic carbocycles. The molecule has 0 bridgehead atoms. The number of ether oxygens (including phenoxy) is 1. The summed E-state index contributed by atoms with van der Waals surface area (Å²) in [6, 6.07) is 11.0. The van der Waals surface area contributed by atoms with Crippen LogP contribution in [0, 0.1) is 5.82 Å². The van der Waals surface area contributed by atoms with Crippen molar-refractivity contribution in [1.29, 1.82) is 0 Å². The molecule has 0 aliphatic carbocycles. The first-order valence-corrected chi connectivity index (χ1v) is 12.3. The summed E-state index contributed by atoms with van der Waals surface area (Å²) < 4.78 is 62.6. The molecule has 4 rings (SSSR count). The number of aryl methyl sites for hydroxylation is 1. The SMILES string of the molecule is Cn1ccc(-c2cc(C(=O)Nc3ncc(CNC(=O)OC(C)(C)C)nc3-c3ccccc3)c(F)cc2C(F)(F)F)n1. The number of halogens is 4. The van der Waals surface area contributed by atoms with Crippen LogP contribution >= 0.6 is 0 Å². The van der Waals surface area contributed by atoms with Crippen LogP contribution in [0.1, 0.15) is 42.4 Å². The number of rotatable bonds is 6. The topological polar surface area (TPSA) is 111 Å². The van der Waals surface area contributed by atoms with Crippen molar-refractivity contribution in [3.63, 3.8) is 0 Å². The van der Waals surface area contributed by atoms with Crippen molar-refractivity contribution in [3.05, 3.63) is 83.6 Å². The van der Waals surface area contributed by atoms with Gasteiger partial charge in [0, 0.05) is 24.4 Å². The average Bonchev–Trinajstić information content (AvgIpc) is 3.32. The highest BCUT2D eigenvalue weighted by Crippen LogP contribution is 2.38. The van der Waals surface area contributed by atoms with E-state index < -0.39 is 46.3 Å². The number of amides is 2. The molecular formula is C28H26F4N6O3. The molecule has 0 aliphatic rings. The number of carbonyl (C=O) groups excluding carboxylic acids is 2. The van der Waals surface area contributed by atoms with E-state index in [9.17, 15) is 27.2 Å². The number of alkyl carbamates (subject to hydrolysis) is 1. The number of nitrogens with one attached hydrogen (secondary N) is 2. The molecule has 0 aliphatic heterocycles. The zero-order valence-corrected chi connectivity index (χ0v) is 22.5. The molecule has 4 aromatic rings. The molecule has 2 heterocycles. The summed E-state index contributed by atoms with van der Waals surface area (Å²) in [5.41, 5.74) is -2.10. The maximum Gasteiger partial charge on any atom is 0.417 e. The number of carbonyl (C=O) groups is 2. The fraction of sp³-hybridized carbons (Fsp3) is 0.250. The molecule has 13 heteroatoms. The van der Waals surface area contributed by atoms with E-state index in [1.165, 1.54) is 30.2 Å². The Morgan fingerprint density at radius 3 is 2.37 bits per heavy atom. The third-order valence-corrected chi connectivity index (χ3v) is 5.56. The van der Waals surface area contributed by atoms with Crippen molar-refractivity contribution >= 4 is 17.8 Å². The normalized spacial score (nSPS) is 11.7. The Hall–Kier alpha value is -4.81. The van der Waals surface area contributed by atoms with Gasteiger partial charge in [0.2, 0.25) is 0 Å². The summed E-state index contributed by atoms with van der Waals surface area (Å²) in [5, 5.41) is 9.01. The van der Waals surface area contributed by atoms with E-state index in [0.29, 0.717) is 11.3 Å². The number of anilines is 1. The van der Waals surface area contributed by atoms with Gasteiger partial charge in [0.05, 0.1) is 35.3 Å². The summed E-state index contributed by atoms with van der Waals surface area (Å²) in [6.45, 7) is 5.11. The summed E-state index contributed by atoms with van der Waals surface area (Å²) >= 11 is 0. The van der Waals surface area contributed by atoms with Gasteiger partial charge in [-0.1, -0.05) is 30.3 Å². The molecule has 0 atom stereocenters. The van der Waals surface area contributed by atoms with Crippen LogP contribution in [0.4, 0.5) is 28.2 Å². The summed E-state index contributed by atoms with van der Waals surface area (Å²) in [4.78, 5) is 34.0. The molecular weight excluding hydrogens is 544 g/mol. The first kappa shape index (κ1) is 29.2. The first-order chi connectivity index (χ1) is 19.2. The maximum atomic E-state index is 14.9. The van der Waals surface area contributed by atoms with Crippen molar-refractivity contribution in [2.75, 3.05) is 5.32 Å². The molecule has 2 amide bonds. The van der Waals surface area contributed by atoms with Crippen LogP contribution in [-0.2, 0) is 24.5 Å². The van der Waals surface area contributed by atoms with E-state index in [0.717, 1.165) is 6.07 Å². The van der Waals surface area contributed by atoms with E-state index in [-0.39, 0.29) is 29.8 Å². The first-order valence-electron chi connectivity index (χ1n) is 12.3. The molecule has 0 fully saturated rings. The van der Waals surface area contributed by atoms with Crippen LogP contribution in [0.5, 0.6) is 0 Å². The largest absolute Gasteiger partial charge is 0.444 e. The van der Waals surface area contributed by atoms with Crippen molar-refractivity contribution in [1.82, 2.24) is 25.1 Å². The van der Waals surface area contributed by atoms with Gasteiger partial charge in [0.1, 0.15) is 17.1 Å². The van der Waals surface area contributed by atoms with Gasteiger partial charge in [-0.25, -0.2) is 19.2 Å². The smallest absolute Gasteiger partial charge is 0.417 e. The van der Waals surface area contributed by atoms with Gasteiger partial charge >= 0.3 is 12.3 Å². The molecule has 214 valence electrons. The molecule has 0 radical (unpaired) electrons.